The van der Waals surface area contributed by atoms with Gasteiger partial charge in [-0.15, -0.1) is 0 Å². The highest BCUT2D eigenvalue weighted by Crippen LogP contribution is 2.03. The summed E-state index contributed by atoms with van der Waals surface area (Å²) in [5.74, 6) is 0. The predicted molar refractivity (Wildman–Crippen MR) is 101 cm³/mol. The second kappa shape index (κ2) is 18.2. The molecule has 23 heavy (non-hydrogen) atoms. The minimum absolute atomic E-state index is 0. The van der Waals surface area contributed by atoms with Gasteiger partial charge in [0.1, 0.15) is 0 Å². The first-order valence-corrected chi connectivity index (χ1v) is 8.96. The average molecular weight is 340 g/mol. The standard InChI is InChI=1S/2C8H20N.BH3O3.H2O/c2*1-5-9(6-2,7-3)8-4;2-1(3)4;/h2*5-8H2,1-4H3;2-4H;1H2/q2*+1;;. The molecule has 0 spiro atoms. The van der Waals surface area contributed by atoms with Gasteiger partial charge in [-0.1, -0.05) is 0 Å². The van der Waals surface area contributed by atoms with Crippen molar-refractivity contribution in [3.63, 3.8) is 0 Å². The highest BCUT2D eigenvalue weighted by Gasteiger charge is 2.16. The first-order chi connectivity index (χ1) is 10.2. The monoisotopic (exact) mass is 340 g/mol. The maximum atomic E-state index is 7.17. The minimum Gasteiger partial charge on any atom is -0.412 e. The van der Waals surface area contributed by atoms with Crippen molar-refractivity contribution < 1.29 is 29.5 Å². The summed E-state index contributed by atoms with van der Waals surface area (Å²) in [5, 5.41) is 21.5. The third-order valence-electron chi connectivity index (χ3n) is 5.37. The van der Waals surface area contributed by atoms with E-state index in [1.165, 1.54) is 61.3 Å². The molecule has 0 aromatic heterocycles. The fourth-order valence-corrected chi connectivity index (χ4v) is 2.68. The molecule has 0 aliphatic carbocycles. The molecular weight excluding hydrogens is 295 g/mol. The van der Waals surface area contributed by atoms with E-state index in [4.69, 9.17) is 15.1 Å². The lowest BCUT2D eigenvalue weighted by atomic mass is 10.3. The van der Waals surface area contributed by atoms with Gasteiger partial charge in [-0.3, -0.25) is 0 Å². The zero-order chi connectivity index (χ0) is 18.2. The Bertz CT molecular complexity index is 166. The van der Waals surface area contributed by atoms with Crippen molar-refractivity contribution in [2.24, 2.45) is 0 Å². The Balaban J connectivity index is -0.000000124. The van der Waals surface area contributed by atoms with Gasteiger partial charge in [-0.25, -0.2) is 0 Å². The summed E-state index contributed by atoms with van der Waals surface area (Å²) >= 11 is 0. The van der Waals surface area contributed by atoms with E-state index in [-0.39, 0.29) is 5.48 Å². The molecule has 0 aromatic rings. The maximum absolute atomic E-state index is 7.17. The summed E-state index contributed by atoms with van der Waals surface area (Å²) in [5.41, 5.74) is 0. The first-order valence-electron chi connectivity index (χ1n) is 8.96. The smallest absolute Gasteiger partial charge is 0.412 e. The van der Waals surface area contributed by atoms with E-state index in [1.807, 2.05) is 0 Å². The molecule has 0 saturated heterocycles. The number of hydrogen-bond donors (Lipinski definition) is 3. The van der Waals surface area contributed by atoms with Gasteiger partial charge in [0.2, 0.25) is 0 Å². The van der Waals surface area contributed by atoms with Crippen molar-refractivity contribution in [2.75, 3.05) is 52.4 Å². The molecule has 0 unspecified atom stereocenters. The van der Waals surface area contributed by atoms with Crippen LogP contribution in [0.4, 0.5) is 0 Å². The Hall–Kier alpha value is -0.175. The second-order valence-electron chi connectivity index (χ2n) is 5.56. The van der Waals surface area contributed by atoms with Crippen molar-refractivity contribution in [1.82, 2.24) is 0 Å². The van der Waals surface area contributed by atoms with E-state index in [2.05, 4.69) is 55.4 Å². The zero-order valence-corrected chi connectivity index (χ0v) is 17.0. The SMILES string of the molecule is CC[N+](CC)(CC)CC.CC[N+](CC)(CC)CC.O.OB(O)O. The molecule has 0 aliphatic heterocycles. The summed E-state index contributed by atoms with van der Waals surface area (Å²) in [6.07, 6.45) is 0. The molecule has 0 atom stereocenters. The van der Waals surface area contributed by atoms with Crippen LogP contribution < -0.4 is 0 Å². The average Bonchev–Trinajstić information content (AvgIpc) is 2.53. The number of quaternary nitrogens is 2. The normalized spacial score (nSPS) is 10.6. The molecule has 0 amide bonds. The molecule has 0 rings (SSSR count). The molecule has 5 N–H and O–H groups in total. The van der Waals surface area contributed by atoms with Crippen LogP contribution in [0.2, 0.25) is 0 Å². The molecule has 0 heterocycles. The van der Waals surface area contributed by atoms with Crippen LogP contribution in [0.15, 0.2) is 0 Å². The minimum atomic E-state index is -2.17. The van der Waals surface area contributed by atoms with Gasteiger partial charge in [0.05, 0.1) is 52.4 Å². The van der Waals surface area contributed by atoms with Crippen LogP contribution >= 0.6 is 0 Å². The molecular formula is C16H45BN2O4+2. The Kier molecular flexibility index (Phi) is 24.2. The quantitative estimate of drug-likeness (QED) is 0.453. The Morgan fingerprint density at radius 1 is 0.478 bits per heavy atom. The van der Waals surface area contributed by atoms with Gasteiger partial charge in [-0.2, -0.15) is 0 Å². The largest absolute Gasteiger partial charge is 0.631 e. The van der Waals surface area contributed by atoms with E-state index in [0.29, 0.717) is 0 Å². The van der Waals surface area contributed by atoms with Crippen molar-refractivity contribution in [3.8, 4) is 0 Å². The summed E-state index contributed by atoms with van der Waals surface area (Å²) in [7, 11) is -2.17. The highest BCUT2D eigenvalue weighted by atomic mass is 16.5. The van der Waals surface area contributed by atoms with Gasteiger partial charge >= 0.3 is 7.32 Å². The fraction of sp³-hybridized carbons (Fsp3) is 1.00. The Morgan fingerprint density at radius 3 is 0.565 bits per heavy atom. The predicted octanol–water partition coefficient (Wildman–Crippen LogP) is 0.889. The fourth-order valence-electron chi connectivity index (χ4n) is 2.68. The number of rotatable bonds is 8. The summed E-state index contributed by atoms with van der Waals surface area (Å²) < 4.78 is 2.56. The van der Waals surface area contributed by atoms with Crippen LogP contribution in [0, 0.1) is 0 Å². The van der Waals surface area contributed by atoms with Crippen LogP contribution in [-0.2, 0) is 0 Å². The van der Waals surface area contributed by atoms with Crippen molar-refractivity contribution >= 4 is 7.32 Å². The lowest BCUT2D eigenvalue weighted by Gasteiger charge is -2.34. The van der Waals surface area contributed by atoms with Crippen LogP contribution in [-0.4, -0.2) is 89.2 Å². The van der Waals surface area contributed by atoms with Gasteiger partial charge in [0, 0.05) is 0 Å². The summed E-state index contributed by atoms with van der Waals surface area (Å²) in [4.78, 5) is 0. The van der Waals surface area contributed by atoms with Gasteiger partial charge in [0.15, 0.2) is 0 Å². The van der Waals surface area contributed by atoms with Crippen LogP contribution in [0.3, 0.4) is 0 Å². The molecule has 6 nitrogen and oxygen atoms in total. The van der Waals surface area contributed by atoms with Gasteiger partial charge in [0.25, 0.3) is 0 Å². The summed E-state index contributed by atoms with van der Waals surface area (Å²) in [6, 6.07) is 0. The van der Waals surface area contributed by atoms with E-state index < -0.39 is 7.32 Å². The van der Waals surface area contributed by atoms with Gasteiger partial charge in [-0.05, 0) is 55.4 Å². The van der Waals surface area contributed by atoms with Gasteiger partial charge < -0.3 is 29.5 Å². The lowest BCUT2D eigenvalue weighted by molar-refractivity contribution is -0.921. The van der Waals surface area contributed by atoms with Crippen molar-refractivity contribution in [2.45, 2.75) is 55.4 Å². The zero-order valence-electron chi connectivity index (χ0n) is 17.0. The molecule has 0 aliphatic rings. The van der Waals surface area contributed by atoms with E-state index in [1.54, 1.807) is 0 Å². The molecule has 7 heteroatoms. The molecule has 0 radical (unpaired) electrons. The first kappa shape index (κ1) is 30.7. The number of nitrogens with zero attached hydrogens (tertiary/aromatic N) is 2. The van der Waals surface area contributed by atoms with Crippen LogP contribution in [0.25, 0.3) is 0 Å². The Labute approximate surface area is 145 Å². The van der Waals surface area contributed by atoms with Crippen LogP contribution in [0.5, 0.6) is 0 Å². The molecule has 0 aromatic carbocycles. The van der Waals surface area contributed by atoms with Crippen molar-refractivity contribution in [3.05, 3.63) is 0 Å². The topological polar surface area (TPSA) is 92.2 Å². The third kappa shape index (κ3) is 15.1. The lowest BCUT2D eigenvalue weighted by Crippen LogP contribution is -2.47. The van der Waals surface area contributed by atoms with E-state index in [9.17, 15) is 0 Å². The maximum Gasteiger partial charge on any atom is 0.631 e. The molecule has 0 bridgehead atoms. The molecule has 0 saturated carbocycles. The molecule has 0 fully saturated rings. The third-order valence-corrected chi connectivity index (χ3v) is 5.37. The second-order valence-corrected chi connectivity index (χ2v) is 5.56. The highest BCUT2D eigenvalue weighted by molar-refractivity contribution is 6.30. The molecule has 144 valence electrons. The number of hydrogen-bond acceptors (Lipinski definition) is 3. The van der Waals surface area contributed by atoms with Crippen molar-refractivity contribution in [1.29, 1.82) is 0 Å². The Morgan fingerprint density at radius 2 is 0.565 bits per heavy atom. The van der Waals surface area contributed by atoms with E-state index >= 15 is 0 Å². The van der Waals surface area contributed by atoms with Crippen LogP contribution in [0.1, 0.15) is 55.4 Å². The summed E-state index contributed by atoms with van der Waals surface area (Å²) in [6.45, 7) is 28.4. The van der Waals surface area contributed by atoms with E-state index in [0.717, 1.165) is 0 Å².